The molecule has 1 atom stereocenters. The van der Waals surface area contributed by atoms with Crippen LogP contribution in [0.2, 0.25) is 5.02 Å². The van der Waals surface area contributed by atoms with Gasteiger partial charge in [0.05, 0.1) is 5.02 Å². The Morgan fingerprint density at radius 1 is 1.35 bits per heavy atom. The minimum atomic E-state index is -3.36. The summed E-state index contributed by atoms with van der Waals surface area (Å²) in [5, 5.41) is 22.1. The third-order valence-corrected chi connectivity index (χ3v) is 3.75. The number of hydrogen-bond donors (Lipinski definition) is 3. The maximum atomic E-state index is 14.1. The monoisotopic (exact) mass is 306 g/mol. The van der Waals surface area contributed by atoms with Gasteiger partial charge in [-0.1, -0.05) is 23.7 Å². The molecule has 3 N–H and O–H groups in total. The van der Waals surface area contributed by atoms with Gasteiger partial charge in [-0.2, -0.15) is 0 Å². The quantitative estimate of drug-likeness (QED) is 0.791. The molecule has 0 spiro atoms. The van der Waals surface area contributed by atoms with Gasteiger partial charge in [-0.25, -0.2) is 8.78 Å². The molecular formula is C13H17ClF2N2O2. The topological polar surface area (TPSA) is 55.7 Å². The molecular weight excluding hydrogens is 290 g/mol. The van der Waals surface area contributed by atoms with Crippen molar-refractivity contribution in [2.75, 3.05) is 32.8 Å². The number of nitrogens with one attached hydrogen (secondary N) is 1. The fourth-order valence-corrected chi connectivity index (χ4v) is 2.65. The number of alkyl halides is 2. The van der Waals surface area contributed by atoms with Crippen LogP contribution in [-0.2, 0) is 0 Å². The Kier molecular flexibility index (Phi) is 4.80. The van der Waals surface area contributed by atoms with Gasteiger partial charge in [0.1, 0.15) is 18.4 Å². The second-order valence-electron chi connectivity index (χ2n) is 4.79. The van der Waals surface area contributed by atoms with E-state index in [9.17, 15) is 13.9 Å². The third-order valence-electron chi connectivity index (χ3n) is 3.44. The first-order chi connectivity index (χ1) is 9.47. The number of piperazine rings is 1. The zero-order chi connectivity index (χ0) is 14.8. The van der Waals surface area contributed by atoms with Crippen molar-refractivity contribution in [2.45, 2.75) is 12.0 Å². The van der Waals surface area contributed by atoms with E-state index < -0.39 is 18.6 Å². The lowest BCUT2D eigenvalue weighted by Gasteiger charge is -2.39. The van der Waals surface area contributed by atoms with Crippen LogP contribution in [0.3, 0.4) is 0 Å². The number of benzene rings is 1. The normalized spacial score (nSPS) is 19.0. The van der Waals surface area contributed by atoms with Crippen molar-refractivity contribution < 1.29 is 19.0 Å². The fraction of sp³-hybridized carbons (Fsp3) is 0.538. The Bertz CT molecular complexity index is 468. The van der Waals surface area contributed by atoms with Gasteiger partial charge >= 0.3 is 0 Å². The van der Waals surface area contributed by atoms with Gasteiger partial charge in [0, 0.05) is 31.7 Å². The Balaban J connectivity index is 2.42. The summed E-state index contributed by atoms with van der Waals surface area (Å²) < 4.78 is 28.3. The average molecular weight is 307 g/mol. The molecule has 0 aliphatic carbocycles. The molecule has 1 fully saturated rings. The lowest BCUT2D eigenvalue weighted by molar-refractivity contribution is -0.119. The molecule has 112 valence electrons. The minimum absolute atomic E-state index is 0.0244. The number of aromatic hydroxyl groups is 1. The van der Waals surface area contributed by atoms with Crippen LogP contribution in [0.1, 0.15) is 11.6 Å². The summed E-state index contributed by atoms with van der Waals surface area (Å²) in [6.07, 6.45) is 0. The predicted octanol–water partition coefficient (Wildman–Crippen LogP) is 1.62. The van der Waals surface area contributed by atoms with Crippen LogP contribution in [0.5, 0.6) is 5.75 Å². The number of phenolic OH excluding ortho intramolecular Hbond substituents is 1. The number of halogens is 3. The van der Waals surface area contributed by atoms with Crippen LogP contribution in [-0.4, -0.2) is 53.8 Å². The number of nitrogens with zero attached hydrogens (tertiary/aromatic N) is 1. The van der Waals surface area contributed by atoms with E-state index in [-0.39, 0.29) is 16.3 Å². The second-order valence-corrected chi connectivity index (χ2v) is 5.19. The number of hydrogen-bond acceptors (Lipinski definition) is 4. The van der Waals surface area contributed by atoms with E-state index in [0.717, 1.165) is 0 Å². The fourth-order valence-electron chi connectivity index (χ4n) is 2.47. The van der Waals surface area contributed by atoms with Crippen molar-refractivity contribution in [3.8, 4) is 5.75 Å². The standard InChI is InChI=1S/C13H17ClF2N2O2/c14-10-3-1-2-9(11(10)20)12(13(15,16)8-19)18-6-4-17-5-7-18/h1-3,12,17,19-20H,4-8H2/t12-/m1/s1. The highest BCUT2D eigenvalue weighted by molar-refractivity contribution is 6.32. The summed E-state index contributed by atoms with van der Waals surface area (Å²) in [5.41, 5.74) is 0.0402. The van der Waals surface area contributed by atoms with E-state index in [1.165, 1.54) is 18.2 Å². The molecule has 7 heteroatoms. The molecule has 0 aromatic heterocycles. The van der Waals surface area contributed by atoms with Crippen molar-refractivity contribution in [1.82, 2.24) is 10.2 Å². The van der Waals surface area contributed by atoms with Crippen molar-refractivity contribution in [3.63, 3.8) is 0 Å². The zero-order valence-corrected chi connectivity index (χ0v) is 11.6. The zero-order valence-electron chi connectivity index (χ0n) is 10.8. The van der Waals surface area contributed by atoms with Crippen LogP contribution in [0.4, 0.5) is 8.78 Å². The van der Waals surface area contributed by atoms with Gasteiger partial charge in [0.25, 0.3) is 5.92 Å². The molecule has 0 radical (unpaired) electrons. The molecule has 0 bridgehead atoms. The highest BCUT2D eigenvalue weighted by Crippen LogP contribution is 2.42. The van der Waals surface area contributed by atoms with Crippen molar-refractivity contribution in [3.05, 3.63) is 28.8 Å². The molecule has 1 heterocycles. The highest BCUT2D eigenvalue weighted by Gasteiger charge is 2.45. The van der Waals surface area contributed by atoms with E-state index in [2.05, 4.69) is 5.32 Å². The molecule has 4 nitrogen and oxygen atoms in total. The Morgan fingerprint density at radius 3 is 2.60 bits per heavy atom. The summed E-state index contributed by atoms with van der Waals surface area (Å²) in [6.45, 7) is 0.699. The highest BCUT2D eigenvalue weighted by atomic mass is 35.5. The first-order valence-electron chi connectivity index (χ1n) is 6.38. The second kappa shape index (κ2) is 6.22. The average Bonchev–Trinajstić information content (AvgIpc) is 2.45. The third kappa shape index (κ3) is 3.03. The molecule has 0 unspecified atom stereocenters. The van der Waals surface area contributed by atoms with Gasteiger partial charge in [-0.15, -0.1) is 0 Å². The minimum Gasteiger partial charge on any atom is -0.506 e. The van der Waals surface area contributed by atoms with Gasteiger partial charge in [-0.3, -0.25) is 4.90 Å². The van der Waals surface area contributed by atoms with Crippen molar-refractivity contribution in [1.29, 1.82) is 0 Å². The number of aliphatic hydroxyl groups excluding tert-OH is 1. The van der Waals surface area contributed by atoms with Crippen molar-refractivity contribution in [2.24, 2.45) is 0 Å². The van der Waals surface area contributed by atoms with Gasteiger partial charge in [0.15, 0.2) is 0 Å². The van der Waals surface area contributed by atoms with Gasteiger partial charge in [0.2, 0.25) is 0 Å². The van der Waals surface area contributed by atoms with E-state index in [0.29, 0.717) is 26.2 Å². The van der Waals surface area contributed by atoms with Crippen molar-refractivity contribution >= 4 is 11.6 Å². The molecule has 1 aliphatic rings. The summed E-state index contributed by atoms with van der Waals surface area (Å²) in [5.74, 6) is -3.72. The lowest BCUT2D eigenvalue weighted by atomic mass is 9.97. The number of phenols is 1. The maximum absolute atomic E-state index is 14.1. The largest absolute Gasteiger partial charge is 0.506 e. The number of rotatable bonds is 4. The summed E-state index contributed by atoms with van der Waals surface area (Å²) >= 11 is 5.80. The first kappa shape index (κ1) is 15.4. The summed E-state index contributed by atoms with van der Waals surface area (Å²) in [6, 6.07) is 2.97. The smallest absolute Gasteiger partial charge is 0.290 e. The molecule has 1 aromatic rings. The Morgan fingerprint density at radius 2 is 2.00 bits per heavy atom. The molecule has 1 saturated heterocycles. The molecule has 2 rings (SSSR count). The van der Waals surface area contributed by atoms with Crippen LogP contribution in [0.15, 0.2) is 18.2 Å². The Hall–Kier alpha value is -0.950. The maximum Gasteiger partial charge on any atom is 0.290 e. The van der Waals surface area contributed by atoms with Gasteiger partial charge < -0.3 is 15.5 Å². The molecule has 0 saturated carbocycles. The van der Waals surface area contributed by atoms with Crippen LogP contribution in [0, 0.1) is 0 Å². The predicted molar refractivity (Wildman–Crippen MR) is 72.3 cm³/mol. The van der Waals surface area contributed by atoms with Crippen LogP contribution >= 0.6 is 11.6 Å². The van der Waals surface area contributed by atoms with Crippen LogP contribution < -0.4 is 5.32 Å². The SMILES string of the molecule is OCC(F)(F)[C@@H](c1cccc(Cl)c1O)N1CCNCC1. The van der Waals surface area contributed by atoms with E-state index in [4.69, 9.17) is 16.7 Å². The number of aliphatic hydroxyl groups is 1. The van der Waals surface area contributed by atoms with E-state index in [1.54, 1.807) is 4.90 Å². The Labute approximate surface area is 121 Å². The van der Waals surface area contributed by atoms with Gasteiger partial charge in [-0.05, 0) is 6.07 Å². The van der Waals surface area contributed by atoms with Crippen LogP contribution in [0.25, 0.3) is 0 Å². The molecule has 20 heavy (non-hydrogen) atoms. The first-order valence-corrected chi connectivity index (χ1v) is 6.76. The summed E-state index contributed by atoms with van der Waals surface area (Å²) in [7, 11) is 0. The van der Waals surface area contributed by atoms with E-state index >= 15 is 0 Å². The molecule has 0 amide bonds. The number of para-hydroxylation sites is 1. The summed E-state index contributed by atoms with van der Waals surface area (Å²) in [4.78, 5) is 1.55. The lowest BCUT2D eigenvalue weighted by Crippen LogP contribution is -2.51. The molecule has 1 aromatic carbocycles. The van der Waals surface area contributed by atoms with E-state index in [1.807, 2.05) is 0 Å². The molecule has 1 aliphatic heterocycles.